The molecule has 0 N–H and O–H groups in total. The summed E-state index contributed by atoms with van der Waals surface area (Å²) in [6.45, 7) is 9.13. The molecule has 2 rings (SSSR count). The maximum Gasteiger partial charge on any atom is 0.119 e. The quantitative estimate of drug-likeness (QED) is 0.298. The summed E-state index contributed by atoms with van der Waals surface area (Å²) in [5.74, 6) is 1.90. The lowest BCUT2D eigenvalue weighted by Crippen LogP contribution is -1.97. The van der Waals surface area contributed by atoms with Crippen LogP contribution in [0.3, 0.4) is 0 Å². The molecule has 0 aliphatic heterocycles. The molecule has 0 aliphatic rings. The molecule has 0 fully saturated rings. The van der Waals surface area contributed by atoms with Gasteiger partial charge in [0.15, 0.2) is 0 Å². The van der Waals surface area contributed by atoms with Gasteiger partial charge in [0, 0.05) is 0 Å². The first-order valence-electron chi connectivity index (χ1n) is 10.5. The van der Waals surface area contributed by atoms with Gasteiger partial charge in [0.25, 0.3) is 0 Å². The second-order valence-electron chi connectivity index (χ2n) is 7.07. The van der Waals surface area contributed by atoms with Crippen LogP contribution in [0.25, 0.3) is 12.2 Å². The third kappa shape index (κ3) is 8.94. The Bertz CT molecular complexity index is 609. The standard InChI is InChI=1S/C26H34O2/c1-3-23-13-17-25(18-14-23)27-21-11-9-7-5-6-8-10-12-22-28-26-19-15-24(4-2)16-20-26/h3-4,13-20H,1-2,5-12,21-22H2. The van der Waals surface area contributed by atoms with E-state index in [2.05, 4.69) is 13.2 Å². The predicted octanol–water partition coefficient (Wildman–Crippen LogP) is 7.55. The third-order valence-electron chi connectivity index (χ3n) is 4.81. The molecular weight excluding hydrogens is 344 g/mol. The van der Waals surface area contributed by atoms with Crippen LogP contribution in [0.4, 0.5) is 0 Å². The van der Waals surface area contributed by atoms with Gasteiger partial charge in [0.2, 0.25) is 0 Å². The van der Waals surface area contributed by atoms with E-state index in [1.807, 2.05) is 60.7 Å². The maximum atomic E-state index is 5.77. The van der Waals surface area contributed by atoms with Crippen molar-refractivity contribution in [3.05, 3.63) is 72.8 Å². The van der Waals surface area contributed by atoms with Crippen LogP contribution in [0.15, 0.2) is 61.7 Å². The summed E-state index contributed by atoms with van der Waals surface area (Å²) in [5, 5.41) is 0. The maximum absolute atomic E-state index is 5.77. The largest absolute Gasteiger partial charge is 0.494 e. The van der Waals surface area contributed by atoms with E-state index in [0.29, 0.717) is 0 Å². The van der Waals surface area contributed by atoms with Crippen LogP contribution >= 0.6 is 0 Å². The zero-order chi connectivity index (χ0) is 19.9. The molecule has 0 aliphatic carbocycles. The van der Waals surface area contributed by atoms with Crippen LogP contribution in [-0.2, 0) is 0 Å². The molecule has 2 aromatic carbocycles. The number of ether oxygens (including phenoxy) is 2. The zero-order valence-electron chi connectivity index (χ0n) is 17.1. The van der Waals surface area contributed by atoms with Crippen molar-refractivity contribution >= 4 is 12.2 Å². The lowest BCUT2D eigenvalue weighted by Gasteiger charge is -2.07. The summed E-state index contributed by atoms with van der Waals surface area (Å²) in [6, 6.07) is 16.2. The van der Waals surface area contributed by atoms with Gasteiger partial charge in [-0.05, 0) is 48.2 Å². The van der Waals surface area contributed by atoms with Crippen molar-refractivity contribution in [3.63, 3.8) is 0 Å². The lowest BCUT2D eigenvalue weighted by atomic mass is 10.1. The van der Waals surface area contributed by atoms with Crippen LogP contribution in [0.2, 0.25) is 0 Å². The first kappa shape index (κ1) is 21.8. The number of hydrogen-bond acceptors (Lipinski definition) is 2. The minimum Gasteiger partial charge on any atom is -0.494 e. The van der Waals surface area contributed by atoms with Crippen LogP contribution in [0.1, 0.15) is 62.5 Å². The molecular formula is C26H34O2. The van der Waals surface area contributed by atoms with Crippen molar-refractivity contribution in [3.8, 4) is 11.5 Å². The fraction of sp³-hybridized carbons (Fsp3) is 0.385. The Morgan fingerprint density at radius 3 is 1.14 bits per heavy atom. The van der Waals surface area contributed by atoms with Crippen molar-refractivity contribution in [2.75, 3.05) is 13.2 Å². The topological polar surface area (TPSA) is 18.5 Å². The van der Waals surface area contributed by atoms with E-state index in [1.54, 1.807) is 0 Å². The molecule has 0 amide bonds. The second kappa shape index (κ2) is 13.7. The van der Waals surface area contributed by atoms with E-state index in [-0.39, 0.29) is 0 Å². The molecule has 2 nitrogen and oxygen atoms in total. The van der Waals surface area contributed by atoms with Gasteiger partial charge in [-0.3, -0.25) is 0 Å². The smallest absolute Gasteiger partial charge is 0.119 e. The molecule has 0 bridgehead atoms. The Morgan fingerprint density at radius 2 is 0.821 bits per heavy atom. The highest BCUT2D eigenvalue weighted by Crippen LogP contribution is 2.15. The van der Waals surface area contributed by atoms with Gasteiger partial charge >= 0.3 is 0 Å². The molecule has 0 radical (unpaired) electrons. The molecule has 0 saturated heterocycles. The fourth-order valence-corrected chi connectivity index (χ4v) is 3.05. The van der Waals surface area contributed by atoms with Crippen LogP contribution in [0, 0.1) is 0 Å². The molecule has 0 saturated carbocycles. The summed E-state index contributed by atoms with van der Waals surface area (Å²) in [7, 11) is 0. The predicted molar refractivity (Wildman–Crippen MR) is 121 cm³/mol. The normalized spacial score (nSPS) is 10.4. The summed E-state index contributed by atoms with van der Waals surface area (Å²) in [5.41, 5.74) is 2.25. The van der Waals surface area contributed by atoms with E-state index < -0.39 is 0 Å². The third-order valence-corrected chi connectivity index (χ3v) is 4.81. The Hall–Kier alpha value is -2.48. The molecule has 0 heterocycles. The van der Waals surface area contributed by atoms with Gasteiger partial charge in [-0.25, -0.2) is 0 Å². The number of rotatable bonds is 15. The molecule has 0 spiro atoms. The zero-order valence-corrected chi connectivity index (χ0v) is 17.1. The van der Waals surface area contributed by atoms with E-state index in [1.165, 1.54) is 38.5 Å². The van der Waals surface area contributed by atoms with Gasteiger partial charge in [-0.2, -0.15) is 0 Å². The minimum absolute atomic E-state index is 0.804. The Morgan fingerprint density at radius 1 is 0.500 bits per heavy atom. The molecule has 2 aromatic rings. The highest BCUT2D eigenvalue weighted by atomic mass is 16.5. The average molecular weight is 379 g/mol. The van der Waals surface area contributed by atoms with E-state index in [0.717, 1.165) is 48.7 Å². The number of hydrogen-bond donors (Lipinski definition) is 0. The van der Waals surface area contributed by atoms with Crippen LogP contribution < -0.4 is 9.47 Å². The van der Waals surface area contributed by atoms with Gasteiger partial charge in [0.1, 0.15) is 11.5 Å². The Balaban J connectivity index is 1.37. The van der Waals surface area contributed by atoms with Crippen molar-refractivity contribution in [2.45, 2.75) is 51.4 Å². The molecule has 0 aromatic heterocycles. The number of unbranched alkanes of at least 4 members (excludes halogenated alkanes) is 7. The van der Waals surface area contributed by atoms with Gasteiger partial charge in [-0.1, -0.05) is 88.1 Å². The Labute approximate surface area is 170 Å². The molecule has 150 valence electrons. The fourth-order valence-electron chi connectivity index (χ4n) is 3.05. The van der Waals surface area contributed by atoms with Crippen molar-refractivity contribution < 1.29 is 9.47 Å². The minimum atomic E-state index is 0.804. The Kier molecular flexibility index (Phi) is 10.6. The van der Waals surface area contributed by atoms with Crippen molar-refractivity contribution in [2.24, 2.45) is 0 Å². The van der Waals surface area contributed by atoms with Crippen molar-refractivity contribution in [1.82, 2.24) is 0 Å². The summed E-state index contributed by atoms with van der Waals surface area (Å²) in [4.78, 5) is 0. The monoisotopic (exact) mass is 378 g/mol. The molecule has 0 unspecified atom stereocenters. The van der Waals surface area contributed by atoms with Crippen LogP contribution in [0.5, 0.6) is 11.5 Å². The summed E-state index contributed by atoms with van der Waals surface area (Å²) < 4.78 is 11.5. The van der Waals surface area contributed by atoms with E-state index in [9.17, 15) is 0 Å². The molecule has 2 heteroatoms. The van der Waals surface area contributed by atoms with E-state index >= 15 is 0 Å². The molecule has 28 heavy (non-hydrogen) atoms. The first-order chi connectivity index (χ1) is 13.8. The first-order valence-corrected chi connectivity index (χ1v) is 10.5. The van der Waals surface area contributed by atoms with Gasteiger partial charge in [-0.15, -0.1) is 0 Å². The average Bonchev–Trinajstić information content (AvgIpc) is 2.75. The summed E-state index contributed by atoms with van der Waals surface area (Å²) in [6.07, 6.45) is 13.7. The van der Waals surface area contributed by atoms with Gasteiger partial charge in [0.05, 0.1) is 13.2 Å². The highest BCUT2D eigenvalue weighted by molar-refractivity contribution is 5.48. The number of benzene rings is 2. The van der Waals surface area contributed by atoms with Crippen molar-refractivity contribution in [1.29, 1.82) is 0 Å². The summed E-state index contributed by atoms with van der Waals surface area (Å²) >= 11 is 0. The molecule has 0 atom stereocenters. The van der Waals surface area contributed by atoms with E-state index in [4.69, 9.17) is 9.47 Å². The second-order valence-corrected chi connectivity index (χ2v) is 7.07. The lowest BCUT2D eigenvalue weighted by molar-refractivity contribution is 0.301. The van der Waals surface area contributed by atoms with Gasteiger partial charge < -0.3 is 9.47 Å². The van der Waals surface area contributed by atoms with Crippen LogP contribution in [-0.4, -0.2) is 13.2 Å². The highest BCUT2D eigenvalue weighted by Gasteiger charge is 1.97. The SMILES string of the molecule is C=Cc1ccc(OCCCCCCCCCCOc2ccc(C=C)cc2)cc1.